The number of aliphatic hydroxyl groups excluding tert-OH is 2. The molecule has 0 radical (unpaired) electrons. The van der Waals surface area contributed by atoms with Crippen LogP contribution in [0.1, 0.15) is 78.6 Å². The van der Waals surface area contributed by atoms with Gasteiger partial charge in [0.15, 0.2) is 0 Å². The predicted octanol–water partition coefficient (Wildman–Crippen LogP) is 4.50. The molecule has 4 aliphatic carbocycles. The van der Waals surface area contributed by atoms with Crippen molar-refractivity contribution in [3.8, 4) is 0 Å². The van der Waals surface area contributed by atoms with Gasteiger partial charge in [-0.2, -0.15) is 0 Å². The lowest BCUT2D eigenvalue weighted by atomic mass is 9.43. The predicted molar refractivity (Wildman–Crippen MR) is 129 cm³/mol. The van der Waals surface area contributed by atoms with Crippen LogP contribution < -0.4 is 0 Å². The van der Waals surface area contributed by atoms with Crippen LogP contribution in [0.2, 0.25) is 0 Å². The molecule has 5 rings (SSSR count). The Balaban J connectivity index is 1.29. The molecule has 1 saturated heterocycles. The highest BCUT2D eigenvalue weighted by atomic mass is 19.3. The van der Waals surface area contributed by atoms with Gasteiger partial charge in [0, 0.05) is 25.9 Å². The second-order valence-electron chi connectivity index (χ2n) is 13.2. The molecule has 5 fully saturated rings. The highest BCUT2D eigenvalue weighted by Crippen LogP contribution is 2.69. The maximum absolute atomic E-state index is 14.7. The number of halogens is 2. The SMILES string of the molecule is C[C@H](CCC(=O)N1CCOCC1)[C@H]1CCC2C3C(CC[C@@]21C)[C@@]1(C)CC(F)(F)[C@H](O)C[C@H]1C[C@@H]3O. The van der Waals surface area contributed by atoms with Crippen LogP contribution in [-0.2, 0) is 9.53 Å². The first-order chi connectivity index (χ1) is 16.5. The van der Waals surface area contributed by atoms with Crippen LogP contribution in [0.15, 0.2) is 0 Å². The average molecular weight is 498 g/mol. The molecule has 1 aliphatic heterocycles. The number of nitrogens with zero attached hydrogens (tertiary/aromatic N) is 1. The van der Waals surface area contributed by atoms with Gasteiger partial charge in [0.25, 0.3) is 5.92 Å². The summed E-state index contributed by atoms with van der Waals surface area (Å²) in [7, 11) is 0. The molecule has 3 unspecified atom stereocenters. The normalized spacial score (nSPS) is 48.0. The lowest BCUT2D eigenvalue weighted by molar-refractivity contribution is -0.236. The third kappa shape index (κ3) is 4.25. The molecule has 200 valence electrons. The van der Waals surface area contributed by atoms with Crippen molar-refractivity contribution in [1.29, 1.82) is 0 Å². The smallest absolute Gasteiger partial charge is 0.274 e. The fourth-order valence-corrected chi connectivity index (χ4v) is 9.73. The monoisotopic (exact) mass is 497 g/mol. The number of rotatable bonds is 4. The van der Waals surface area contributed by atoms with E-state index in [4.69, 9.17) is 4.74 Å². The topological polar surface area (TPSA) is 70.0 Å². The molecule has 7 heteroatoms. The second kappa shape index (κ2) is 9.20. The molecular formula is C28H45F2NO4. The zero-order chi connectivity index (χ0) is 25.2. The number of ether oxygens (including phenoxy) is 1. The Morgan fingerprint density at radius 3 is 2.46 bits per heavy atom. The van der Waals surface area contributed by atoms with E-state index >= 15 is 0 Å². The Morgan fingerprint density at radius 2 is 1.74 bits per heavy atom. The van der Waals surface area contributed by atoms with Crippen molar-refractivity contribution >= 4 is 5.91 Å². The van der Waals surface area contributed by atoms with Gasteiger partial charge in [0.05, 0.1) is 19.3 Å². The summed E-state index contributed by atoms with van der Waals surface area (Å²) in [6.45, 7) is 9.32. The molecule has 10 atom stereocenters. The lowest BCUT2D eigenvalue weighted by Crippen LogP contribution is -2.62. The van der Waals surface area contributed by atoms with Gasteiger partial charge in [0.2, 0.25) is 5.91 Å². The number of hydrogen-bond donors (Lipinski definition) is 2. The summed E-state index contributed by atoms with van der Waals surface area (Å²) in [6, 6.07) is 0. The summed E-state index contributed by atoms with van der Waals surface area (Å²) in [5.41, 5.74) is -0.439. The summed E-state index contributed by atoms with van der Waals surface area (Å²) >= 11 is 0. The molecule has 5 nitrogen and oxygen atoms in total. The first kappa shape index (κ1) is 25.8. The van der Waals surface area contributed by atoms with Crippen molar-refractivity contribution in [2.75, 3.05) is 26.3 Å². The van der Waals surface area contributed by atoms with E-state index in [0.717, 1.165) is 32.1 Å². The fraction of sp³-hybridized carbons (Fsp3) is 0.964. The van der Waals surface area contributed by atoms with Crippen molar-refractivity contribution in [3.05, 3.63) is 0 Å². The van der Waals surface area contributed by atoms with Crippen LogP contribution in [0.3, 0.4) is 0 Å². The van der Waals surface area contributed by atoms with E-state index < -0.39 is 23.5 Å². The Bertz CT molecular complexity index is 804. The Labute approximate surface area is 209 Å². The van der Waals surface area contributed by atoms with Crippen LogP contribution in [-0.4, -0.2) is 65.5 Å². The van der Waals surface area contributed by atoms with Gasteiger partial charge >= 0.3 is 0 Å². The van der Waals surface area contributed by atoms with Crippen molar-refractivity contribution in [3.63, 3.8) is 0 Å². The third-order valence-corrected chi connectivity index (χ3v) is 11.6. The first-order valence-electron chi connectivity index (χ1n) is 14.1. The summed E-state index contributed by atoms with van der Waals surface area (Å²) in [6.07, 6.45) is 3.79. The second-order valence-corrected chi connectivity index (χ2v) is 13.2. The summed E-state index contributed by atoms with van der Waals surface area (Å²) < 4.78 is 34.8. The minimum atomic E-state index is -3.04. The number of carbonyl (C=O) groups excluding carboxylic acids is 1. The highest BCUT2D eigenvalue weighted by Gasteiger charge is 2.66. The first-order valence-corrected chi connectivity index (χ1v) is 14.1. The minimum absolute atomic E-state index is 0.0416. The van der Waals surface area contributed by atoms with Crippen LogP contribution >= 0.6 is 0 Å². The molecule has 0 aromatic carbocycles. The lowest BCUT2D eigenvalue weighted by Gasteiger charge is -2.63. The maximum atomic E-state index is 14.7. The summed E-state index contributed by atoms with van der Waals surface area (Å²) in [5.74, 6) is -1.44. The molecule has 0 bridgehead atoms. The number of hydrogen-bond acceptors (Lipinski definition) is 4. The summed E-state index contributed by atoms with van der Waals surface area (Å²) in [5, 5.41) is 21.4. The van der Waals surface area contributed by atoms with E-state index in [1.165, 1.54) is 0 Å². The number of carbonyl (C=O) groups is 1. The maximum Gasteiger partial charge on any atom is 0.274 e. The van der Waals surface area contributed by atoms with E-state index in [-0.39, 0.29) is 41.9 Å². The van der Waals surface area contributed by atoms with Crippen LogP contribution in [0, 0.1) is 46.3 Å². The third-order valence-electron chi connectivity index (χ3n) is 11.6. The van der Waals surface area contributed by atoms with E-state index in [2.05, 4.69) is 13.8 Å². The van der Waals surface area contributed by atoms with Gasteiger partial charge in [0.1, 0.15) is 6.10 Å². The molecule has 4 saturated carbocycles. The fourth-order valence-electron chi connectivity index (χ4n) is 9.73. The number of alkyl halides is 2. The van der Waals surface area contributed by atoms with Crippen LogP contribution in [0.4, 0.5) is 8.78 Å². The zero-order valence-electron chi connectivity index (χ0n) is 21.7. The van der Waals surface area contributed by atoms with Gasteiger partial charge < -0.3 is 19.8 Å². The quantitative estimate of drug-likeness (QED) is 0.600. The van der Waals surface area contributed by atoms with Crippen molar-refractivity contribution in [1.82, 2.24) is 4.90 Å². The van der Waals surface area contributed by atoms with E-state index in [9.17, 15) is 23.8 Å². The minimum Gasteiger partial charge on any atom is -0.393 e. The van der Waals surface area contributed by atoms with Gasteiger partial charge in [-0.15, -0.1) is 0 Å². The van der Waals surface area contributed by atoms with Crippen molar-refractivity contribution < 1.29 is 28.5 Å². The zero-order valence-corrected chi connectivity index (χ0v) is 21.7. The van der Waals surface area contributed by atoms with Crippen LogP contribution in [0.5, 0.6) is 0 Å². The van der Waals surface area contributed by atoms with Gasteiger partial charge in [-0.25, -0.2) is 8.78 Å². The molecule has 1 heterocycles. The number of aliphatic hydroxyl groups is 2. The number of amides is 1. The number of morpholine rings is 1. The molecular weight excluding hydrogens is 452 g/mol. The van der Waals surface area contributed by atoms with Gasteiger partial charge in [-0.1, -0.05) is 20.8 Å². The van der Waals surface area contributed by atoms with E-state index in [0.29, 0.717) is 56.9 Å². The Kier molecular flexibility index (Phi) is 6.79. The van der Waals surface area contributed by atoms with Gasteiger partial charge in [-0.3, -0.25) is 4.79 Å². The van der Waals surface area contributed by atoms with Gasteiger partial charge in [-0.05, 0) is 91.3 Å². The molecule has 35 heavy (non-hydrogen) atoms. The van der Waals surface area contributed by atoms with Crippen molar-refractivity contribution in [2.24, 2.45) is 46.3 Å². The largest absolute Gasteiger partial charge is 0.393 e. The molecule has 1 amide bonds. The van der Waals surface area contributed by atoms with Crippen molar-refractivity contribution in [2.45, 2.75) is 96.7 Å². The Morgan fingerprint density at radius 1 is 1.06 bits per heavy atom. The molecule has 0 aromatic rings. The molecule has 5 aliphatic rings. The Hall–Kier alpha value is -0.790. The highest BCUT2D eigenvalue weighted by molar-refractivity contribution is 5.76. The molecule has 0 spiro atoms. The molecule has 0 aromatic heterocycles. The van der Waals surface area contributed by atoms with E-state index in [1.807, 2.05) is 11.8 Å². The number of fused-ring (bicyclic) bond motifs is 5. The molecule has 2 N–H and O–H groups in total. The van der Waals surface area contributed by atoms with Crippen LogP contribution in [0.25, 0.3) is 0 Å². The average Bonchev–Trinajstić information content (AvgIpc) is 3.17. The summed E-state index contributed by atoms with van der Waals surface area (Å²) in [4.78, 5) is 14.6. The van der Waals surface area contributed by atoms with E-state index in [1.54, 1.807) is 0 Å². The standard InChI is InChI=1S/C28H45F2NO4/c1-17(4-7-24(34)31-10-12-35-13-11-31)19-5-6-20-25-21(8-9-26(19,20)2)27(3)16-28(29,30)23(33)15-18(27)14-22(25)32/h17-23,25,32-33H,4-16H2,1-3H3/t17-,18-,19-,20?,21?,22+,23-,25?,26-,27+/m1/s1.